The van der Waals surface area contributed by atoms with Gasteiger partial charge in [-0.1, -0.05) is 12.1 Å². The van der Waals surface area contributed by atoms with Crippen LogP contribution in [0.15, 0.2) is 59.5 Å². The van der Waals surface area contributed by atoms with Crippen molar-refractivity contribution in [2.75, 3.05) is 40.0 Å². The molecule has 0 saturated carbocycles. The van der Waals surface area contributed by atoms with E-state index in [-0.39, 0.29) is 49.4 Å². The molecule has 0 radical (unpaired) electrons. The molecule has 12 nitrogen and oxygen atoms in total. The lowest BCUT2D eigenvalue weighted by Gasteiger charge is -2.38. The zero-order valence-electron chi connectivity index (χ0n) is 24.3. The molecule has 4 heterocycles. The number of sulfonamides is 1. The number of methoxy groups -OCH3 is 1. The number of carbonyl (C=O) groups is 2. The minimum Gasteiger partial charge on any atom is -0.496 e. The summed E-state index contributed by atoms with van der Waals surface area (Å²) in [4.78, 5) is 26.1. The van der Waals surface area contributed by atoms with Crippen LogP contribution in [0.2, 0.25) is 0 Å². The maximum atomic E-state index is 13.9. The van der Waals surface area contributed by atoms with Crippen molar-refractivity contribution in [3.8, 4) is 28.7 Å². The molecule has 4 aliphatic heterocycles. The summed E-state index contributed by atoms with van der Waals surface area (Å²) in [6.07, 6.45) is -0.277. The van der Waals surface area contributed by atoms with Gasteiger partial charge in [-0.3, -0.25) is 9.59 Å². The number of hydrogen-bond donors (Lipinski definition) is 2. The lowest BCUT2D eigenvalue weighted by molar-refractivity contribution is -0.123. The Morgan fingerprint density at radius 2 is 1.82 bits per heavy atom. The number of para-hydroxylation sites is 1. The fourth-order valence-corrected chi connectivity index (χ4v) is 7.07. The van der Waals surface area contributed by atoms with Gasteiger partial charge in [0.1, 0.15) is 41.5 Å². The van der Waals surface area contributed by atoms with E-state index in [2.05, 4.69) is 10.6 Å². The maximum absolute atomic E-state index is 13.9. The van der Waals surface area contributed by atoms with Crippen LogP contribution in [0.4, 0.5) is 0 Å². The molecule has 1 saturated heterocycles. The van der Waals surface area contributed by atoms with Gasteiger partial charge < -0.3 is 34.3 Å². The third kappa shape index (κ3) is 5.97. The van der Waals surface area contributed by atoms with E-state index in [9.17, 15) is 18.0 Å². The van der Waals surface area contributed by atoms with Crippen LogP contribution in [0.25, 0.3) is 0 Å². The number of rotatable bonds is 3. The second kappa shape index (κ2) is 12.2. The number of piperidine rings is 1. The van der Waals surface area contributed by atoms with Crippen LogP contribution in [0.5, 0.6) is 28.7 Å². The Morgan fingerprint density at radius 3 is 2.66 bits per heavy atom. The third-order valence-corrected chi connectivity index (χ3v) is 9.70. The van der Waals surface area contributed by atoms with Crippen molar-refractivity contribution >= 4 is 21.8 Å². The highest BCUT2D eigenvalue weighted by Crippen LogP contribution is 2.38. The van der Waals surface area contributed by atoms with Gasteiger partial charge in [0.25, 0.3) is 11.8 Å². The zero-order valence-corrected chi connectivity index (χ0v) is 25.1. The zero-order chi connectivity index (χ0) is 30.8. The van der Waals surface area contributed by atoms with Gasteiger partial charge in [-0.05, 0) is 48.9 Å². The predicted molar refractivity (Wildman–Crippen MR) is 158 cm³/mol. The first kappa shape index (κ1) is 29.6. The number of fused-ring (bicyclic) bond motifs is 8. The molecule has 1 fully saturated rings. The van der Waals surface area contributed by atoms with Crippen molar-refractivity contribution in [3.63, 3.8) is 0 Å². The van der Waals surface area contributed by atoms with Crippen molar-refractivity contribution in [1.82, 2.24) is 14.9 Å². The molecule has 13 heteroatoms. The molecule has 3 aromatic carbocycles. The first-order valence-corrected chi connectivity index (χ1v) is 15.7. The summed E-state index contributed by atoms with van der Waals surface area (Å²) in [5, 5.41) is 5.81. The lowest BCUT2D eigenvalue weighted by Crippen LogP contribution is -2.58. The molecule has 232 valence electrons. The molecule has 2 amide bonds. The Morgan fingerprint density at radius 1 is 0.977 bits per heavy atom. The summed E-state index contributed by atoms with van der Waals surface area (Å²) in [7, 11) is -2.51. The van der Waals surface area contributed by atoms with E-state index >= 15 is 0 Å². The number of nitrogens with one attached hydrogen (secondary N) is 2. The highest BCUT2D eigenvalue weighted by atomic mass is 32.2. The van der Waals surface area contributed by atoms with E-state index in [0.717, 1.165) is 11.1 Å². The van der Waals surface area contributed by atoms with Crippen LogP contribution in [-0.4, -0.2) is 76.7 Å². The minimum atomic E-state index is -4.03. The summed E-state index contributed by atoms with van der Waals surface area (Å²) in [5.74, 6) is 1.14. The van der Waals surface area contributed by atoms with E-state index in [1.54, 1.807) is 48.5 Å². The van der Waals surface area contributed by atoms with E-state index < -0.39 is 28.1 Å². The van der Waals surface area contributed by atoms with Gasteiger partial charge in [0, 0.05) is 43.2 Å². The van der Waals surface area contributed by atoms with Crippen molar-refractivity contribution in [3.05, 3.63) is 71.3 Å². The predicted octanol–water partition coefficient (Wildman–Crippen LogP) is 2.42. The average molecular weight is 624 g/mol. The summed E-state index contributed by atoms with van der Waals surface area (Å²) in [5.41, 5.74) is 1.78. The Balaban J connectivity index is 1.34. The number of benzene rings is 3. The molecule has 7 rings (SSSR count). The Labute approximate surface area is 255 Å². The monoisotopic (exact) mass is 623 g/mol. The van der Waals surface area contributed by atoms with Crippen molar-refractivity contribution in [2.24, 2.45) is 0 Å². The second-order valence-electron chi connectivity index (χ2n) is 10.7. The van der Waals surface area contributed by atoms with Crippen molar-refractivity contribution in [1.29, 1.82) is 0 Å². The molecule has 44 heavy (non-hydrogen) atoms. The summed E-state index contributed by atoms with van der Waals surface area (Å²) < 4.78 is 58.2. The molecule has 3 aromatic rings. The van der Waals surface area contributed by atoms with Crippen molar-refractivity contribution < 1.29 is 41.7 Å². The van der Waals surface area contributed by atoms with Crippen LogP contribution >= 0.6 is 0 Å². The van der Waals surface area contributed by atoms with Gasteiger partial charge in [-0.25, -0.2) is 8.42 Å². The number of ether oxygens (including phenoxy) is 5. The minimum absolute atomic E-state index is 0.00785. The van der Waals surface area contributed by atoms with Gasteiger partial charge in [0.15, 0.2) is 18.1 Å². The number of carbonyl (C=O) groups excluding carboxylic acids is 2. The lowest BCUT2D eigenvalue weighted by atomic mass is 10.0. The van der Waals surface area contributed by atoms with Crippen LogP contribution in [0.1, 0.15) is 27.9 Å². The number of amides is 2. The number of nitrogens with zero attached hydrogens (tertiary/aromatic N) is 1. The topological polar surface area (TPSA) is 142 Å². The van der Waals surface area contributed by atoms with E-state index in [1.807, 2.05) is 6.92 Å². The average Bonchev–Trinajstić information content (AvgIpc) is 3.03. The standard InChI is InChI=1S/C31H33N3O9S/c1-19-6-7-20-14-26(19)42-18-29(35)32-16-21-8-9-22(15-27(21)39-2)43-24-10-11-34(17-23(24)33-31(20)36)44(37,38)28-5-3-4-25-30(28)41-13-12-40-25/h3-9,14-15,23-24H,10-13,16-18H2,1-2H3,(H,32,35)(H,33,36)/t23-,24+/m0/s1. The Hall–Kier alpha value is -4.49. The normalized spacial score (nSPS) is 20.7. The summed E-state index contributed by atoms with van der Waals surface area (Å²) in [6.45, 7) is 2.45. The first-order chi connectivity index (χ1) is 21.2. The molecule has 0 spiro atoms. The fourth-order valence-electron chi connectivity index (χ4n) is 5.44. The van der Waals surface area contributed by atoms with Gasteiger partial charge >= 0.3 is 0 Å². The molecule has 2 N–H and O–H groups in total. The molecule has 2 atom stereocenters. The SMILES string of the molecule is COc1cc2ccc1CNC(=O)COc1cc(ccc1C)C(=O)N[C@H]1CN(S(=O)(=O)c3cccc4c3OCCO4)CC[C@H]1O2. The van der Waals surface area contributed by atoms with Crippen molar-refractivity contribution in [2.45, 2.75) is 36.9 Å². The van der Waals surface area contributed by atoms with Gasteiger partial charge in [-0.2, -0.15) is 4.31 Å². The third-order valence-electron chi connectivity index (χ3n) is 7.81. The number of aryl methyl sites for hydroxylation is 1. The van der Waals surface area contributed by atoms with Crippen LogP contribution in [0, 0.1) is 6.92 Å². The fraction of sp³-hybridized carbons (Fsp3) is 0.355. The van der Waals surface area contributed by atoms with E-state index in [0.29, 0.717) is 41.6 Å². The van der Waals surface area contributed by atoms with Crippen LogP contribution in [-0.2, 0) is 21.4 Å². The smallest absolute Gasteiger partial charge is 0.258 e. The Kier molecular flexibility index (Phi) is 8.23. The number of hydrogen-bond acceptors (Lipinski definition) is 9. The molecule has 4 aliphatic rings. The highest BCUT2D eigenvalue weighted by molar-refractivity contribution is 7.89. The quantitative estimate of drug-likeness (QED) is 0.450. The van der Waals surface area contributed by atoms with E-state index in [1.165, 1.54) is 17.5 Å². The molecular formula is C31H33N3O9S. The summed E-state index contributed by atoms with van der Waals surface area (Å²) >= 11 is 0. The molecule has 0 aromatic heterocycles. The molecule has 0 aliphatic carbocycles. The van der Waals surface area contributed by atoms with Crippen LogP contribution < -0.4 is 34.3 Å². The highest BCUT2D eigenvalue weighted by Gasteiger charge is 2.40. The largest absolute Gasteiger partial charge is 0.496 e. The molecule has 4 bridgehead atoms. The van der Waals surface area contributed by atoms with Crippen LogP contribution in [0.3, 0.4) is 0 Å². The van der Waals surface area contributed by atoms with Gasteiger partial charge in [0.05, 0.1) is 13.2 Å². The van der Waals surface area contributed by atoms with Gasteiger partial charge in [-0.15, -0.1) is 0 Å². The maximum Gasteiger partial charge on any atom is 0.258 e. The second-order valence-corrected chi connectivity index (χ2v) is 12.6. The van der Waals surface area contributed by atoms with E-state index in [4.69, 9.17) is 23.7 Å². The molecular weight excluding hydrogens is 590 g/mol. The molecule has 0 unspecified atom stereocenters. The van der Waals surface area contributed by atoms with Gasteiger partial charge in [0.2, 0.25) is 10.0 Å². The first-order valence-electron chi connectivity index (χ1n) is 14.3. The Bertz CT molecular complexity index is 1690. The summed E-state index contributed by atoms with van der Waals surface area (Å²) in [6, 6.07) is 14.2.